The van der Waals surface area contributed by atoms with Gasteiger partial charge in [-0.3, -0.25) is 0 Å². The Morgan fingerprint density at radius 3 is 2.80 bits per heavy atom. The summed E-state index contributed by atoms with van der Waals surface area (Å²) in [7, 11) is 1.46. The Balaban J connectivity index is 2.66. The number of nitrogens with one attached hydrogen (secondary N) is 1. The number of benzene rings is 1. The van der Waals surface area contributed by atoms with Crippen LogP contribution in [0.15, 0.2) is 29.8 Å². The molecule has 0 bridgehead atoms. The lowest BCUT2D eigenvalue weighted by molar-refractivity contribution is 0.387. The van der Waals surface area contributed by atoms with Crippen molar-refractivity contribution in [3.05, 3.63) is 35.7 Å². The van der Waals surface area contributed by atoms with E-state index >= 15 is 0 Å². The van der Waals surface area contributed by atoms with Crippen molar-refractivity contribution in [2.24, 2.45) is 0 Å². The molecule has 15 heavy (non-hydrogen) atoms. The molecule has 0 amide bonds. The number of hydrogen-bond donors (Lipinski definition) is 1. The quantitative estimate of drug-likeness (QED) is 0.769. The van der Waals surface area contributed by atoms with Gasteiger partial charge in [0.15, 0.2) is 11.6 Å². The second-order valence-electron chi connectivity index (χ2n) is 3.51. The fourth-order valence-corrected chi connectivity index (χ4v) is 1.14. The monoisotopic (exact) mass is 209 g/mol. The number of anilines is 1. The fourth-order valence-electron chi connectivity index (χ4n) is 1.14. The van der Waals surface area contributed by atoms with Crippen LogP contribution in [0.4, 0.5) is 10.1 Å². The lowest BCUT2D eigenvalue weighted by atomic mass is 10.2. The van der Waals surface area contributed by atoms with Gasteiger partial charge in [0.25, 0.3) is 0 Å². The zero-order valence-corrected chi connectivity index (χ0v) is 9.30. The first-order chi connectivity index (χ1) is 7.13. The normalized spacial score (nSPS) is 9.60. The summed E-state index contributed by atoms with van der Waals surface area (Å²) < 4.78 is 17.9. The molecule has 0 aliphatic rings. The van der Waals surface area contributed by atoms with Crippen LogP contribution in [0.5, 0.6) is 5.75 Å². The first kappa shape index (κ1) is 11.6. The van der Waals surface area contributed by atoms with Crippen molar-refractivity contribution in [1.82, 2.24) is 0 Å². The zero-order chi connectivity index (χ0) is 11.3. The Labute approximate surface area is 89.8 Å². The molecule has 0 saturated carbocycles. The van der Waals surface area contributed by atoms with Crippen molar-refractivity contribution in [3.63, 3.8) is 0 Å². The molecule has 1 N–H and O–H groups in total. The van der Waals surface area contributed by atoms with Crippen molar-refractivity contribution in [1.29, 1.82) is 0 Å². The van der Waals surface area contributed by atoms with Gasteiger partial charge in [-0.1, -0.05) is 11.6 Å². The van der Waals surface area contributed by atoms with Crippen LogP contribution >= 0.6 is 0 Å². The molecule has 1 aromatic carbocycles. The van der Waals surface area contributed by atoms with Crippen LogP contribution < -0.4 is 10.1 Å². The van der Waals surface area contributed by atoms with Crippen molar-refractivity contribution >= 4 is 5.69 Å². The van der Waals surface area contributed by atoms with Crippen LogP contribution in [0.3, 0.4) is 0 Å². The summed E-state index contributed by atoms with van der Waals surface area (Å²) in [4.78, 5) is 0. The summed E-state index contributed by atoms with van der Waals surface area (Å²) in [5.74, 6) is -0.0811. The molecule has 0 heterocycles. The minimum atomic E-state index is -0.342. The standard InChI is InChI=1S/C12H16FNO/c1-9(2)6-7-14-10-4-5-11(13)12(8-10)15-3/h4-6,8,14H,7H2,1-3H3. The van der Waals surface area contributed by atoms with Gasteiger partial charge in [0.2, 0.25) is 0 Å². The van der Waals surface area contributed by atoms with Crippen LogP contribution in [-0.4, -0.2) is 13.7 Å². The zero-order valence-electron chi connectivity index (χ0n) is 9.30. The maximum Gasteiger partial charge on any atom is 0.165 e. The average Bonchev–Trinajstić information content (AvgIpc) is 2.20. The third kappa shape index (κ3) is 3.62. The second-order valence-corrected chi connectivity index (χ2v) is 3.51. The first-order valence-corrected chi connectivity index (χ1v) is 4.84. The Bertz CT molecular complexity index is 357. The van der Waals surface area contributed by atoms with E-state index in [2.05, 4.69) is 11.4 Å². The SMILES string of the molecule is COc1cc(NCC=C(C)C)ccc1F. The van der Waals surface area contributed by atoms with E-state index in [4.69, 9.17) is 4.74 Å². The van der Waals surface area contributed by atoms with E-state index in [1.165, 1.54) is 18.7 Å². The number of hydrogen-bond acceptors (Lipinski definition) is 2. The molecule has 0 radical (unpaired) electrons. The van der Waals surface area contributed by atoms with Crippen molar-refractivity contribution in [3.8, 4) is 5.75 Å². The molecule has 1 rings (SSSR count). The van der Waals surface area contributed by atoms with Gasteiger partial charge in [-0.15, -0.1) is 0 Å². The molecule has 0 aliphatic carbocycles. The van der Waals surface area contributed by atoms with Crippen LogP contribution in [0.25, 0.3) is 0 Å². The van der Waals surface area contributed by atoms with Crippen LogP contribution in [0, 0.1) is 5.82 Å². The number of ether oxygens (including phenoxy) is 1. The highest BCUT2D eigenvalue weighted by molar-refractivity contribution is 5.49. The van der Waals surface area contributed by atoms with E-state index in [9.17, 15) is 4.39 Å². The molecule has 0 atom stereocenters. The summed E-state index contributed by atoms with van der Waals surface area (Å²) in [6.45, 7) is 4.80. The second kappa shape index (κ2) is 5.39. The maximum absolute atomic E-state index is 13.1. The van der Waals surface area contributed by atoms with Crippen LogP contribution in [0.1, 0.15) is 13.8 Å². The van der Waals surface area contributed by atoms with Gasteiger partial charge in [0, 0.05) is 18.3 Å². The minimum absolute atomic E-state index is 0.261. The Hall–Kier alpha value is -1.51. The predicted molar refractivity (Wildman–Crippen MR) is 60.9 cm³/mol. The van der Waals surface area contributed by atoms with Crippen molar-refractivity contribution in [2.45, 2.75) is 13.8 Å². The molecule has 0 fully saturated rings. The lowest BCUT2D eigenvalue weighted by Crippen LogP contribution is -1.99. The van der Waals surface area contributed by atoms with Gasteiger partial charge in [-0.25, -0.2) is 4.39 Å². The lowest BCUT2D eigenvalue weighted by Gasteiger charge is -2.07. The summed E-state index contributed by atoms with van der Waals surface area (Å²) >= 11 is 0. The van der Waals surface area contributed by atoms with Gasteiger partial charge in [0.1, 0.15) is 0 Å². The van der Waals surface area contributed by atoms with E-state index in [0.29, 0.717) is 0 Å². The Morgan fingerprint density at radius 1 is 1.47 bits per heavy atom. The van der Waals surface area contributed by atoms with E-state index in [1.54, 1.807) is 12.1 Å². The highest BCUT2D eigenvalue weighted by Crippen LogP contribution is 2.21. The smallest absolute Gasteiger partial charge is 0.165 e. The third-order valence-corrected chi connectivity index (χ3v) is 1.97. The van der Waals surface area contributed by atoms with E-state index < -0.39 is 0 Å². The fraction of sp³-hybridized carbons (Fsp3) is 0.333. The van der Waals surface area contributed by atoms with E-state index in [1.807, 2.05) is 13.8 Å². The largest absolute Gasteiger partial charge is 0.494 e. The summed E-state index contributed by atoms with van der Waals surface area (Å²) in [6.07, 6.45) is 2.07. The Kier molecular flexibility index (Phi) is 4.16. The number of rotatable bonds is 4. The molecule has 0 saturated heterocycles. The van der Waals surface area contributed by atoms with Gasteiger partial charge < -0.3 is 10.1 Å². The molecule has 0 unspecified atom stereocenters. The first-order valence-electron chi connectivity index (χ1n) is 4.84. The summed E-state index contributed by atoms with van der Waals surface area (Å²) in [5, 5.41) is 3.15. The highest BCUT2D eigenvalue weighted by Gasteiger charge is 2.01. The van der Waals surface area contributed by atoms with Crippen LogP contribution in [-0.2, 0) is 0 Å². The van der Waals surface area contributed by atoms with Crippen LogP contribution in [0.2, 0.25) is 0 Å². The minimum Gasteiger partial charge on any atom is -0.494 e. The highest BCUT2D eigenvalue weighted by atomic mass is 19.1. The summed E-state index contributed by atoms with van der Waals surface area (Å²) in [6, 6.07) is 4.73. The predicted octanol–water partition coefficient (Wildman–Crippen LogP) is 3.21. The number of allylic oxidation sites excluding steroid dienone is 1. The van der Waals surface area contributed by atoms with Gasteiger partial charge in [-0.2, -0.15) is 0 Å². The topological polar surface area (TPSA) is 21.3 Å². The number of methoxy groups -OCH3 is 1. The molecule has 82 valence electrons. The molecule has 2 nitrogen and oxygen atoms in total. The average molecular weight is 209 g/mol. The molecule has 0 spiro atoms. The van der Waals surface area contributed by atoms with Gasteiger partial charge in [-0.05, 0) is 26.0 Å². The molecule has 3 heteroatoms. The molecular weight excluding hydrogens is 193 g/mol. The Morgan fingerprint density at radius 2 is 2.20 bits per heavy atom. The van der Waals surface area contributed by atoms with Crippen molar-refractivity contribution in [2.75, 3.05) is 19.0 Å². The molecular formula is C12H16FNO. The van der Waals surface area contributed by atoms with Crippen molar-refractivity contribution < 1.29 is 9.13 Å². The third-order valence-electron chi connectivity index (χ3n) is 1.97. The molecule has 0 aliphatic heterocycles. The van der Waals surface area contributed by atoms with E-state index in [-0.39, 0.29) is 11.6 Å². The van der Waals surface area contributed by atoms with Gasteiger partial charge >= 0.3 is 0 Å². The molecule has 0 aromatic heterocycles. The maximum atomic E-state index is 13.1. The summed E-state index contributed by atoms with van der Waals surface area (Å²) in [5.41, 5.74) is 2.10. The molecule has 1 aromatic rings. The van der Waals surface area contributed by atoms with Gasteiger partial charge in [0.05, 0.1) is 7.11 Å². The van der Waals surface area contributed by atoms with E-state index in [0.717, 1.165) is 12.2 Å². The number of halogens is 1.